The molecular formula is C15H14ClNO. The molecule has 2 nitrogen and oxygen atoms in total. The first-order valence-electron chi connectivity index (χ1n) is 5.70. The van der Waals surface area contributed by atoms with E-state index in [0.717, 1.165) is 16.8 Å². The molecule has 2 rings (SSSR count). The predicted molar refractivity (Wildman–Crippen MR) is 75.3 cm³/mol. The molecule has 0 bridgehead atoms. The first kappa shape index (κ1) is 12.7. The van der Waals surface area contributed by atoms with Crippen LogP contribution in [0.1, 0.15) is 21.5 Å². The SMILES string of the molecule is Cc1ccc(C(=O)Nc2ccc(Cl)cc2)c(C)c1. The maximum Gasteiger partial charge on any atom is 0.255 e. The number of rotatable bonds is 2. The van der Waals surface area contributed by atoms with Gasteiger partial charge in [0.05, 0.1) is 0 Å². The molecular weight excluding hydrogens is 246 g/mol. The smallest absolute Gasteiger partial charge is 0.255 e. The van der Waals surface area contributed by atoms with Gasteiger partial charge < -0.3 is 5.32 Å². The number of anilines is 1. The summed E-state index contributed by atoms with van der Waals surface area (Å²) < 4.78 is 0. The van der Waals surface area contributed by atoms with Crippen LogP contribution in [0.5, 0.6) is 0 Å². The van der Waals surface area contributed by atoms with Crippen LogP contribution < -0.4 is 5.32 Å². The second kappa shape index (κ2) is 5.23. The highest BCUT2D eigenvalue weighted by Gasteiger charge is 2.08. The van der Waals surface area contributed by atoms with Crippen LogP contribution in [0.4, 0.5) is 5.69 Å². The fourth-order valence-corrected chi connectivity index (χ4v) is 1.93. The van der Waals surface area contributed by atoms with Crippen molar-refractivity contribution in [1.82, 2.24) is 0 Å². The normalized spacial score (nSPS) is 10.2. The Labute approximate surface area is 112 Å². The molecule has 18 heavy (non-hydrogen) atoms. The van der Waals surface area contributed by atoms with E-state index in [-0.39, 0.29) is 5.91 Å². The molecule has 1 amide bonds. The molecule has 1 N–H and O–H groups in total. The summed E-state index contributed by atoms with van der Waals surface area (Å²) in [4.78, 5) is 12.1. The van der Waals surface area contributed by atoms with Crippen molar-refractivity contribution in [3.8, 4) is 0 Å². The molecule has 0 heterocycles. The van der Waals surface area contributed by atoms with Crippen molar-refractivity contribution in [3.05, 3.63) is 64.2 Å². The molecule has 0 spiro atoms. The Morgan fingerprint density at radius 1 is 1.06 bits per heavy atom. The Bertz CT molecular complexity index is 576. The van der Waals surface area contributed by atoms with Crippen molar-refractivity contribution in [2.45, 2.75) is 13.8 Å². The number of hydrogen-bond donors (Lipinski definition) is 1. The van der Waals surface area contributed by atoms with Crippen molar-refractivity contribution in [2.75, 3.05) is 5.32 Å². The predicted octanol–water partition coefficient (Wildman–Crippen LogP) is 4.21. The maximum absolute atomic E-state index is 12.1. The number of carbonyl (C=O) groups excluding carboxylic acids is 1. The van der Waals surface area contributed by atoms with Gasteiger partial charge in [-0.1, -0.05) is 29.3 Å². The summed E-state index contributed by atoms with van der Waals surface area (Å²) in [5.41, 5.74) is 3.55. The van der Waals surface area contributed by atoms with Crippen molar-refractivity contribution < 1.29 is 4.79 Å². The number of halogens is 1. The van der Waals surface area contributed by atoms with Crippen LogP contribution in [0.2, 0.25) is 5.02 Å². The summed E-state index contributed by atoms with van der Waals surface area (Å²) in [6.45, 7) is 3.94. The lowest BCUT2D eigenvalue weighted by Crippen LogP contribution is -2.13. The summed E-state index contributed by atoms with van der Waals surface area (Å²) in [6.07, 6.45) is 0. The molecule has 2 aromatic carbocycles. The van der Waals surface area contributed by atoms with Crippen LogP contribution in [0.15, 0.2) is 42.5 Å². The Kier molecular flexibility index (Phi) is 3.68. The first-order valence-corrected chi connectivity index (χ1v) is 6.08. The molecule has 0 aliphatic heterocycles. The van der Waals surface area contributed by atoms with Gasteiger partial charge in [0.1, 0.15) is 0 Å². The van der Waals surface area contributed by atoms with Crippen LogP contribution in [0.3, 0.4) is 0 Å². The maximum atomic E-state index is 12.1. The lowest BCUT2D eigenvalue weighted by molar-refractivity contribution is 0.102. The van der Waals surface area contributed by atoms with E-state index in [1.807, 2.05) is 32.0 Å². The Hall–Kier alpha value is -1.80. The Morgan fingerprint density at radius 3 is 2.33 bits per heavy atom. The van der Waals surface area contributed by atoms with Gasteiger partial charge in [-0.25, -0.2) is 0 Å². The topological polar surface area (TPSA) is 29.1 Å². The van der Waals surface area contributed by atoms with E-state index < -0.39 is 0 Å². The molecule has 2 aromatic rings. The fourth-order valence-electron chi connectivity index (χ4n) is 1.80. The van der Waals surface area contributed by atoms with Crippen LogP contribution in [0, 0.1) is 13.8 Å². The van der Waals surface area contributed by atoms with E-state index in [1.165, 1.54) is 0 Å². The molecule has 0 aliphatic carbocycles. The fraction of sp³-hybridized carbons (Fsp3) is 0.133. The van der Waals surface area contributed by atoms with Gasteiger partial charge >= 0.3 is 0 Å². The molecule has 0 aliphatic rings. The number of aryl methyl sites for hydroxylation is 2. The van der Waals surface area contributed by atoms with Gasteiger partial charge in [-0.05, 0) is 49.7 Å². The third-order valence-electron chi connectivity index (χ3n) is 2.73. The number of carbonyl (C=O) groups is 1. The minimum Gasteiger partial charge on any atom is -0.322 e. The summed E-state index contributed by atoms with van der Waals surface area (Å²) in [5.74, 6) is -0.102. The zero-order valence-corrected chi connectivity index (χ0v) is 11.1. The molecule has 0 saturated heterocycles. The number of benzene rings is 2. The molecule has 0 radical (unpaired) electrons. The molecule has 0 aromatic heterocycles. The lowest BCUT2D eigenvalue weighted by atomic mass is 10.1. The highest BCUT2D eigenvalue weighted by Crippen LogP contribution is 2.16. The molecule has 0 saturated carbocycles. The highest BCUT2D eigenvalue weighted by atomic mass is 35.5. The quantitative estimate of drug-likeness (QED) is 0.860. The van der Waals surface area contributed by atoms with E-state index >= 15 is 0 Å². The van der Waals surface area contributed by atoms with E-state index in [1.54, 1.807) is 24.3 Å². The average molecular weight is 260 g/mol. The van der Waals surface area contributed by atoms with E-state index in [0.29, 0.717) is 10.6 Å². The summed E-state index contributed by atoms with van der Waals surface area (Å²) >= 11 is 5.80. The largest absolute Gasteiger partial charge is 0.322 e. The minimum absolute atomic E-state index is 0.102. The molecule has 0 fully saturated rings. The molecule has 92 valence electrons. The summed E-state index contributed by atoms with van der Waals surface area (Å²) in [6, 6.07) is 12.8. The zero-order valence-electron chi connectivity index (χ0n) is 10.3. The van der Waals surface area contributed by atoms with Crippen LogP contribution in [-0.4, -0.2) is 5.91 Å². The minimum atomic E-state index is -0.102. The van der Waals surface area contributed by atoms with Gasteiger partial charge in [-0.3, -0.25) is 4.79 Å². The zero-order chi connectivity index (χ0) is 13.1. The Morgan fingerprint density at radius 2 is 1.72 bits per heavy atom. The number of hydrogen-bond acceptors (Lipinski definition) is 1. The van der Waals surface area contributed by atoms with Crippen molar-refractivity contribution in [2.24, 2.45) is 0 Å². The summed E-state index contributed by atoms with van der Waals surface area (Å²) in [7, 11) is 0. The van der Waals surface area contributed by atoms with Gasteiger partial charge in [0.2, 0.25) is 0 Å². The molecule has 0 atom stereocenters. The second-order valence-corrected chi connectivity index (χ2v) is 4.72. The number of nitrogens with one attached hydrogen (secondary N) is 1. The van der Waals surface area contributed by atoms with Crippen molar-refractivity contribution in [1.29, 1.82) is 0 Å². The van der Waals surface area contributed by atoms with Crippen LogP contribution in [-0.2, 0) is 0 Å². The lowest BCUT2D eigenvalue weighted by Gasteiger charge is -2.08. The molecule has 3 heteroatoms. The van der Waals surface area contributed by atoms with Gasteiger partial charge in [0.15, 0.2) is 0 Å². The van der Waals surface area contributed by atoms with Crippen molar-refractivity contribution >= 4 is 23.2 Å². The van der Waals surface area contributed by atoms with Crippen LogP contribution >= 0.6 is 11.6 Å². The monoisotopic (exact) mass is 259 g/mol. The van der Waals surface area contributed by atoms with Crippen LogP contribution in [0.25, 0.3) is 0 Å². The van der Waals surface area contributed by atoms with Gasteiger partial charge in [-0.15, -0.1) is 0 Å². The van der Waals surface area contributed by atoms with Gasteiger partial charge in [-0.2, -0.15) is 0 Å². The Balaban J connectivity index is 2.19. The standard InChI is InChI=1S/C15H14ClNO/c1-10-3-8-14(11(2)9-10)15(18)17-13-6-4-12(16)5-7-13/h3-9H,1-2H3,(H,17,18). The van der Waals surface area contributed by atoms with E-state index in [2.05, 4.69) is 5.32 Å². The highest BCUT2D eigenvalue weighted by molar-refractivity contribution is 6.30. The van der Waals surface area contributed by atoms with E-state index in [4.69, 9.17) is 11.6 Å². The molecule has 0 unspecified atom stereocenters. The van der Waals surface area contributed by atoms with E-state index in [9.17, 15) is 4.79 Å². The van der Waals surface area contributed by atoms with Gasteiger partial charge in [0.25, 0.3) is 5.91 Å². The average Bonchev–Trinajstić information content (AvgIpc) is 2.32. The second-order valence-electron chi connectivity index (χ2n) is 4.28. The third-order valence-corrected chi connectivity index (χ3v) is 2.98. The van der Waals surface area contributed by atoms with Gasteiger partial charge in [0, 0.05) is 16.3 Å². The summed E-state index contributed by atoms with van der Waals surface area (Å²) in [5, 5.41) is 3.50. The third kappa shape index (κ3) is 2.90. The first-order chi connectivity index (χ1) is 8.56. The van der Waals surface area contributed by atoms with Crippen molar-refractivity contribution in [3.63, 3.8) is 0 Å². The number of amides is 1.